The summed E-state index contributed by atoms with van der Waals surface area (Å²) >= 11 is 13.4. The molecule has 19 heavy (non-hydrogen) atoms. The molecule has 0 aliphatic carbocycles. The van der Waals surface area contributed by atoms with Crippen LogP contribution in [0.5, 0.6) is 0 Å². The highest BCUT2D eigenvalue weighted by molar-refractivity contribution is 7.17. The fourth-order valence-electron chi connectivity index (χ4n) is 1.87. The van der Waals surface area contributed by atoms with Gasteiger partial charge >= 0.3 is 0 Å². The molecule has 2 aromatic heterocycles. The quantitative estimate of drug-likeness (QED) is 0.635. The van der Waals surface area contributed by atoms with E-state index in [9.17, 15) is 4.79 Å². The summed E-state index contributed by atoms with van der Waals surface area (Å²) in [5.41, 5.74) is 2.13. The van der Waals surface area contributed by atoms with Crippen LogP contribution in [0.25, 0.3) is 15.9 Å². The van der Waals surface area contributed by atoms with Crippen LogP contribution in [0.1, 0.15) is 5.56 Å². The molecule has 0 bridgehead atoms. The average Bonchev–Trinajstić information content (AvgIpc) is 2.74. The van der Waals surface area contributed by atoms with Crippen molar-refractivity contribution in [1.29, 1.82) is 0 Å². The lowest BCUT2D eigenvalue weighted by Gasteiger charge is -2.08. The van der Waals surface area contributed by atoms with Gasteiger partial charge in [-0.3, -0.25) is 9.36 Å². The van der Waals surface area contributed by atoms with Gasteiger partial charge in [-0.2, -0.15) is 0 Å². The molecule has 96 valence electrons. The van der Waals surface area contributed by atoms with E-state index in [2.05, 4.69) is 4.98 Å². The first-order chi connectivity index (χ1) is 9.08. The molecule has 0 fully saturated rings. The van der Waals surface area contributed by atoms with Crippen molar-refractivity contribution >= 4 is 44.8 Å². The molecule has 3 rings (SSSR count). The van der Waals surface area contributed by atoms with E-state index in [0.29, 0.717) is 20.9 Å². The van der Waals surface area contributed by atoms with Gasteiger partial charge in [-0.15, -0.1) is 11.3 Å². The highest BCUT2D eigenvalue weighted by Crippen LogP contribution is 2.24. The molecule has 0 saturated heterocycles. The molecule has 6 heteroatoms. The van der Waals surface area contributed by atoms with Gasteiger partial charge < -0.3 is 0 Å². The van der Waals surface area contributed by atoms with Crippen molar-refractivity contribution in [2.75, 3.05) is 0 Å². The number of thiophene rings is 1. The Morgan fingerprint density at radius 1 is 1.21 bits per heavy atom. The first kappa shape index (κ1) is 12.7. The molecule has 1 aromatic carbocycles. The van der Waals surface area contributed by atoms with Gasteiger partial charge in [-0.1, -0.05) is 11.6 Å². The highest BCUT2D eigenvalue weighted by atomic mass is 35.5. The molecular weight excluding hydrogens is 303 g/mol. The summed E-state index contributed by atoms with van der Waals surface area (Å²) < 4.78 is 1.99. The summed E-state index contributed by atoms with van der Waals surface area (Å²) in [6, 6.07) is 6.90. The number of aryl methyl sites for hydroxylation is 1. The van der Waals surface area contributed by atoms with Crippen LogP contribution in [0.2, 0.25) is 10.3 Å². The third-order valence-electron chi connectivity index (χ3n) is 2.81. The fraction of sp³-hybridized carbons (Fsp3) is 0.0769. The zero-order valence-electron chi connectivity index (χ0n) is 9.85. The Hall–Kier alpha value is -1.36. The van der Waals surface area contributed by atoms with Crippen LogP contribution in [-0.4, -0.2) is 9.55 Å². The topological polar surface area (TPSA) is 34.9 Å². The van der Waals surface area contributed by atoms with Crippen molar-refractivity contribution in [3.05, 3.63) is 55.9 Å². The van der Waals surface area contributed by atoms with Gasteiger partial charge in [0.15, 0.2) is 0 Å². The summed E-state index contributed by atoms with van der Waals surface area (Å²) in [5.74, 6) is 0. The SMILES string of the molecule is Cc1csc2c(=O)n(-c3ccc(Cl)cc3)c(Cl)nc12. The fourth-order valence-corrected chi connectivity index (χ4v) is 3.17. The second-order valence-corrected chi connectivity index (χ2v) is 5.75. The maximum Gasteiger partial charge on any atom is 0.277 e. The Morgan fingerprint density at radius 3 is 2.58 bits per heavy atom. The number of rotatable bonds is 1. The van der Waals surface area contributed by atoms with Crippen LogP contribution >= 0.6 is 34.5 Å². The Kier molecular flexibility index (Phi) is 3.09. The lowest BCUT2D eigenvalue weighted by molar-refractivity contribution is 0.967. The molecule has 0 saturated carbocycles. The van der Waals surface area contributed by atoms with Gasteiger partial charge in [0.05, 0.1) is 11.2 Å². The van der Waals surface area contributed by atoms with E-state index in [1.54, 1.807) is 24.3 Å². The Balaban J connectivity index is 2.35. The predicted molar refractivity (Wildman–Crippen MR) is 80.0 cm³/mol. The average molecular weight is 311 g/mol. The van der Waals surface area contributed by atoms with E-state index >= 15 is 0 Å². The second-order valence-electron chi connectivity index (χ2n) is 4.09. The van der Waals surface area contributed by atoms with Gasteiger partial charge in [0.1, 0.15) is 4.70 Å². The number of aromatic nitrogens is 2. The standard InChI is InChI=1S/C13H8Cl2N2OS/c1-7-6-19-11-10(7)16-13(15)17(12(11)18)9-4-2-8(14)3-5-9/h2-6H,1H3. The largest absolute Gasteiger partial charge is 0.277 e. The lowest BCUT2D eigenvalue weighted by Crippen LogP contribution is -2.19. The van der Waals surface area contributed by atoms with Crippen LogP contribution in [0.4, 0.5) is 0 Å². The number of benzene rings is 1. The number of halogens is 2. The van der Waals surface area contributed by atoms with E-state index in [1.165, 1.54) is 15.9 Å². The summed E-state index contributed by atoms with van der Waals surface area (Å²) in [7, 11) is 0. The molecule has 0 unspecified atom stereocenters. The van der Waals surface area contributed by atoms with Gasteiger partial charge in [-0.25, -0.2) is 4.98 Å². The Morgan fingerprint density at radius 2 is 1.89 bits per heavy atom. The predicted octanol–water partition coefficient (Wildman–Crippen LogP) is 4.06. The number of fused-ring (bicyclic) bond motifs is 1. The van der Waals surface area contributed by atoms with Crippen molar-refractivity contribution in [3.63, 3.8) is 0 Å². The summed E-state index contributed by atoms with van der Waals surface area (Å²) in [5, 5.41) is 2.66. The van der Waals surface area contributed by atoms with E-state index in [-0.39, 0.29) is 10.8 Å². The Labute approximate surface area is 123 Å². The third-order valence-corrected chi connectivity index (χ3v) is 4.39. The van der Waals surface area contributed by atoms with Crippen LogP contribution < -0.4 is 5.56 Å². The minimum atomic E-state index is -0.157. The molecule has 0 radical (unpaired) electrons. The van der Waals surface area contributed by atoms with E-state index in [1.807, 2.05) is 12.3 Å². The monoisotopic (exact) mass is 310 g/mol. The third kappa shape index (κ3) is 2.06. The summed E-state index contributed by atoms with van der Waals surface area (Å²) in [6.45, 7) is 1.91. The molecule has 0 atom stereocenters. The van der Waals surface area contributed by atoms with Crippen LogP contribution in [0.15, 0.2) is 34.4 Å². The molecule has 0 N–H and O–H groups in total. The number of hydrogen-bond donors (Lipinski definition) is 0. The molecule has 0 aliphatic heterocycles. The van der Waals surface area contributed by atoms with E-state index < -0.39 is 0 Å². The molecule has 3 aromatic rings. The molecule has 0 amide bonds. The summed E-state index contributed by atoms with van der Waals surface area (Å²) in [6.07, 6.45) is 0. The van der Waals surface area contributed by atoms with Gasteiger partial charge in [0.2, 0.25) is 5.28 Å². The van der Waals surface area contributed by atoms with Crippen LogP contribution in [0.3, 0.4) is 0 Å². The van der Waals surface area contributed by atoms with Gasteiger partial charge in [-0.05, 0) is 53.7 Å². The molecule has 3 nitrogen and oxygen atoms in total. The maximum absolute atomic E-state index is 12.5. The minimum absolute atomic E-state index is 0.154. The summed E-state index contributed by atoms with van der Waals surface area (Å²) in [4.78, 5) is 16.8. The van der Waals surface area contributed by atoms with Gasteiger partial charge in [0, 0.05) is 5.02 Å². The Bertz CT molecular complexity index is 821. The molecule has 0 aliphatic rings. The normalized spacial score (nSPS) is 11.1. The molecule has 0 spiro atoms. The van der Waals surface area contributed by atoms with E-state index in [4.69, 9.17) is 23.2 Å². The van der Waals surface area contributed by atoms with Crippen LogP contribution in [-0.2, 0) is 0 Å². The van der Waals surface area contributed by atoms with Crippen molar-refractivity contribution in [3.8, 4) is 5.69 Å². The second kappa shape index (κ2) is 4.63. The van der Waals surface area contributed by atoms with Crippen molar-refractivity contribution < 1.29 is 0 Å². The van der Waals surface area contributed by atoms with Crippen LogP contribution in [0, 0.1) is 6.92 Å². The van der Waals surface area contributed by atoms with Crippen molar-refractivity contribution in [2.24, 2.45) is 0 Å². The lowest BCUT2D eigenvalue weighted by atomic mass is 10.3. The first-order valence-electron chi connectivity index (χ1n) is 5.50. The highest BCUT2D eigenvalue weighted by Gasteiger charge is 2.13. The zero-order valence-corrected chi connectivity index (χ0v) is 12.2. The molecule has 2 heterocycles. The van der Waals surface area contributed by atoms with E-state index in [0.717, 1.165) is 5.56 Å². The van der Waals surface area contributed by atoms with Crippen molar-refractivity contribution in [1.82, 2.24) is 9.55 Å². The minimum Gasteiger partial charge on any atom is -0.267 e. The van der Waals surface area contributed by atoms with Gasteiger partial charge in [0.25, 0.3) is 5.56 Å². The smallest absolute Gasteiger partial charge is 0.267 e. The maximum atomic E-state index is 12.5. The number of nitrogens with zero attached hydrogens (tertiary/aromatic N) is 2. The zero-order chi connectivity index (χ0) is 13.6. The first-order valence-corrected chi connectivity index (χ1v) is 7.14. The van der Waals surface area contributed by atoms with Crippen molar-refractivity contribution in [2.45, 2.75) is 6.92 Å². The number of hydrogen-bond acceptors (Lipinski definition) is 3. The molecular formula is C13H8Cl2N2OS.